The lowest BCUT2D eigenvalue weighted by atomic mass is 9.81. The minimum absolute atomic E-state index is 0.208. The molecule has 0 aliphatic carbocycles. The molecular weight excluding hydrogens is 246 g/mol. The molecule has 1 amide bonds. The van der Waals surface area contributed by atoms with E-state index in [-0.39, 0.29) is 11.7 Å². The highest BCUT2D eigenvalue weighted by Crippen LogP contribution is 2.35. The monoisotopic (exact) mass is 263 g/mol. The fourth-order valence-corrected chi connectivity index (χ4v) is 2.46. The van der Waals surface area contributed by atoms with Crippen LogP contribution in [0.25, 0.3) is 0 Å². The lowest BCUT2D eigenvalue weighted by molar-refractivity contribution is -0.141. The van der Waals surface area contributed by atoms with Crippen molar-refractivity contribution in [3.8, 4) is 5.75 Å². The number of hydrogen-bond acceptors (Lipinski definition) is 4. The molecule has 1 aliphatic rings. The Morgan fingerprint density at radius 3 is 2.37 bits per heavy atom. The van der Waals surface area contributed by atoms with Crippen LogP contribution in [0, 0.1) is 5.92 Å². The first kappa shape index (κ1) is 13.5. The number of β-lactam (4-membered cyclic amide) rings is 1. The van der Waals surface area contributed by atoms with E-state index in [4.69, 9.17) is 4.74 Å². The van der Waals surface area contributed by atoms with Crippen LogP contribution in [0.5, 0.6) is 5.75 Å². The van der Waals surface area contributed by atoms with Gasteiger partial charge in [0.05, 0.1) is 19.3 Å². The Balaban J connectivity index is 2.28. The fourth-order valence-electron chi connectivity index (χ4n) is 2.46. The number of carbonyl (C=O) groups is 2. The predicted molar refractivity (Wildman–Crippen MR) is 70.1 cm³/mol. The Bertz CT molecular complexity index is 495. The molecule has 0 bridgehead atoms. The number of aliphatic hydroxyl groups is 1. The van der Waals surface area contributed by atoms with E-state index in [9.17, 15) is 14.7 Å². The summed E-state index contributed by atoms with van der Waals surface area (Å²) in [5.74, 6) is -0.514. The highest BCUT2D eigenvalue weighted by atomic mass is 16.5. The van der Waals surface area contributed by atoms with Gasteiger partial charge in [0.2, 0.25) is 5.91 Å². The van der Waals surface area contributed by atoms with Crippen molar-refractivity contribution in [2.45, 2.75) is 26.0 Å². The van der Waals surface area contributed by atoms with Gasteiger partial charge in [-0.2, -0.15) is 0 Å². The number of carbonyl (C=O) groups excluding carboxylic acids is 2. The van der Waals surface area contributed by atoms with Gasteiger partial charge in [-0.05, 0) is 38.1 Å². The van der Waals surface area contributed by atoms with E-state index >= 15 is 0 Å². The van der Waals surface area contributed by atoms with Gasteiger partial charge in [-0.15, -0.1) is 0 Å². The molecule has 1 fully saturated rings. The first-order chi connectivity index (χ1) is 8.97. The second-order valence-corrected chi connectivity index (χ2v) is 4.73. The number of amides is 1. The van der Waals surface area contributed by atoms with Gasteiger partial charge in [-0.3, -0.25) is 9.59 Å². The number of ketones is 1. The minimum atomic E-state index is -0.756. The molecule has 0 radical (unpaired) electrons. The smallest absolute Gasteiger partial charge is 0.240 e. The molecule has 3 atom stereocenters. The molecule has 102 valence electrons. The van der Waals surface area contributed by atoms with Crippen LogP contribution in [-0.2, 0) is 9.59 Å². The molecular formula is C14H17NO4. The van der Waals surface area contributed by atoms with Gasteiger partial charge in [0, 0.05) is 5.69 Å². The second kappa shape index (κ2) is 5.01. The van der Waals surface area contributed by atoms with Crippen LogP contribution in [0.3, 0.4) is 0 Å². The quantitative estimate of drug-likeness (QED) is 0.650. The molecule has 2 rings (SSSR count). The van der Waals surface area contributed by atoms with Crippen LogP contribution in [0.1, 0.15) is 13.8 Å². The maximum atomic E-state index is 12.0. The van der Waals surface area contributed by atoms with Crippen molar-refractivity contribution in [1.29, 1.82) is 0 Å². The molecule has 0 saturated carbocycles. The summed E-state index contributed by atoms with van der Waals surface area (Å²) < 4.78 is 5.05. The average Bonchev–Trinajstić information content (AvgIpc) is 2.35. The summed E-state index contributed by atoms with van der Waals surface area (Å²) >= 11 is 0. The van der Waals surface area contributed by atoms with Crippen LogP contribution in [0.15, 0.2) is 24.3 Å². The Morgan fingerprint density at radius 1 is 1.37 bits per heavy atom. The van der Waals surface area contributed by atoms with E-state index in [0.717, 1.165) is 0 Å². The number of methoxy groups -OCH3 is 1. The van der Waals surface area contributed by atoms with Gasteiger partial charge >= 0.3 is 0 Å². The summed E-state index contributed by atoms with van der Waals surface area (Å²) in [6.45, 7) is 2.97. The van der Waals surface area contributed by atoms with E-state index in [1.165, 1.54) is 11.8 Å². The summed E-state index contributed by atoms with van der Waals surface area (Å²) in [5.41, 5.74) is 0.661. The van der Waals surface area contributed by atoms with Gasteiger partial charge in [-0.25, -0.2) is 0 Å². The van der Waals surface area contributed by atoms with Crippen molar-refractivity contribution in [2.24, 2.45) is 5.92 Å². The number of aliphatic hydroxyl groups excluding tert-OH is 1. The van der Waals surface area contributed by atoms with E-state index in [0.29, 0.717) is 11.4 Å². The zero-order valence-corrected chi connectivity index (χ0v) is 11.2. The molecule has 0 spiro atoms. The normalized spacial score (nSPS) is 23.8. The van der Waals surface area contributed by atoms with E-state index < -0.39 is 18.1 Å². The first-order valence-electron chi connectivity index (χ1n) is 6.13. The molecule has 5 heteroatoms. The summed E-state index contributed by atoms with van der Waals surface area (Å²) in [4.78, 5) is 25.0. The molecule has 1 aliphatic heterocycles. The van der Waals surface area contributed by atoms with Crippen molar-refractivity contribution in [2.75, 3.05) is 12.0 Å². The Hall–Kier alpha value is -1.88. The van der Waals surface area contributed by atoms with Crippen molar-refractivity contribution in [3.63, 3.8) is 0 Å². The largest absolute Gasteiger partial charge is 0.497 e. The van der Waals surface area contributed by atoms with Crippen molar-refractivity contribution in [1.82, 2.24) is 0 Å². The van der Waals surface area contributed by atoms with E-state index in [2.05, 4.69) is 0 Å². The molecule has 1 heterocycles. The van der Waals surface area contributed by atoms with Crippen molar-refractivity contribution < 1.29 is 19.4 Å². The third-order valence-corrected chi connectivity index (χ3v) is 3.43. The molecule has 0 aromatic heterocycles. The number of Topliss-reactive ketones (excluding diaryl/α,β-unsaturated/α-hetero) is 1. The van der Waals surface area contributed by atoms with Gasteiger partial charge < -0.3 is 14.7 Å². The predicted octanol–water partition coefficient (Wildman–Crippen LogP) is 0.996. The van der Waals surface area contributed by atoms with Crippen LogP contribution < -0.4 is 9.64 Å². The maximum absolute atomic E-state index is 12.0. The number of benzene rings is 1. The third-order valence-electron chi connectivity index (χ3n) is 3.43. The lowest BCUT2D eigenvalue weighted by Crippen LogP contribution is -2.67. The lowest BCUT2D eigenvalue weighted by Gasteiger charge is -2.47. The zero-order valence-electron chi connectivity index (χ0n) is 11.2. The summed E-state index contributed by atoms with van der Waals surface area (Å²) in [6, 6.07) is 6.47. The zero-order chi connectivity index (χ0) is 14.2. The van der Waals surface area contributed by atoms with Crippen molar-refractivity contribution >= 4 is 17.4 Å². The Labute approximate surface area is 111 Å². The summed E-state index contributed by atoms with van der Waals surface area (Å²) in [7, 11) is 1.56. The molecule has 1 N–H and O–H groups in total. The number of hydrogen-bond donors (Lipinski definition) is 1. The molecule has 0 unspecified atom stereocenters. The maximum Gasteiger partial charge on any atom is 0.240 e. The molecule has 1 saturated heterocycles. The van der Waals surface area contributed by atoms with Gasteiger partial charge in [0.1, 0.15) is 17.5 Å². The number of rotatable bonds is 4. The summed E-state index contributed by atoms with van der Waals surface area (Å²) in [5, 5.41) is 9.77. The SMILES string of the molecule is COc1ccc(N2C(=O)[C@H](C(C)=O)[C@H]2[C@@H](C)O)cc1. The highest BCUT2D eigenvalue weighted by Gasteiger charge is 2.52. The Morgan fingerprint density at radius 2 is 1.95 bits per heavy atom. The number of ether oxygens (including phenoxy) is 1. The molecule has 19 heavy (non-hydrogen) atoms. The second-order valence-electron chi connectivity index (χ2n) is 4.73. The number of nitrogens with zero attached hydrogens (tertiary/aromatic N) is 1. The summed E-state index contributed by atoms with van der Waals surface area (Å²) in [6.07, 6.45) is -0.756. The van der Waals surface area contributed by atoms with Gasteiger partial charge in [-0.1, -0.05) is 0 Å². The van der Waals surface area contributed by atoms with Crippen LogP contribution in [0.2, 0.25) is 0 Å². The topological polar surface area (TPSA) is 66.8 Å². The van der Waals surface area contributed by atoms with Crippen LogP contribution in [-0.4, -0.2) is 36.1 Å². The van der Waals surface area contributed by atoms with E-state index in [1.54, 1.807) is 38.3 Å². The Kier molecular flexibility index (Phi) is 3.57. The van der Waals surface area contributed by atoms with E-state index in [1.807, 2.05) is 0 Å². The first-order valence-corrected chi connectivity index (χ1v) is 6.13. The molecule has 1 aromatic rings. The fraction of sp³-hybridized carbons (Fsp3) is 0.429. The molecule has 5 nitrogen and oxygen atoms in total. The van der Waals surface area contributed by atoms with Crippen molar-refractivity contribution in [3.05, 3.63) is 24.3 Å². The van der Waals surface area contributed by atoms with Crippen LogP contribution >= 0.6 is 0 Å². The molecule has 1 aromatic carbocycles. The number of anilines is 1. The third kappa shape index (κ3) is 2.21. The standard InChI is InChI=1S/C14H17NO4/c1-8(16)12-13(9(2)17)15(14(12)18)10-4-6-11(19-3)7-5-10/h4-7,9,12-13,17H,1-3H3/t9-,12-,13-/m1/s1. The van der Waals surface area contributed by atoms with Gasteiger partial charge in [0.25, 0.3) is 0 Å². The average molecular weight is 263 g/mol. The van der Waals surface area contributed by atoms with Gasteiger partial charge in [0.15, 0.2) is 0 Å². The minimum Gasteiger partial charge on any atom is -0.497 e. The van der Waals surface area contributed by atoms with Crippen LogP contribution in [0.4, 0.5) is 5.69 Å². The highest BCUT2D eigenvalue weighted by molar-refractivity contribution is 6.15.